The third-order valence-electron chi connectivity index (χ3n) is 3.47. The molecule has 2 rings (SSSR count). The predicted molar refractivity (Wildman–Crippen MR) is 90.2 cm³/mol. The molecule has 0 aliphatic carbocycles. The van der Waals surface area contributed by atoms with Gasteiger partial charge < -0.3 is 10.2 Å². The summed E-state index contributed by atoms with van der Waals surface area (Å²) in [5, 5.41) is 2.94. The van der Waals surface area contributed by atoms with Crippen LogP contribution in [0.3, 0.4) is 0 Å². The number of rotatable bonds is 8. The molecule has 116 valence electrons. The van der Waals surface area contributed by atoms with Gasteiger partial charge in [-0.05, 0) is 43.6 Å². The summed E-state index contributed by atoms with van der Waals surface area (Å²) in [6, 6.07) is 19.6. The smallest absolute Gasteiger partial charge is 0.251 e. The molecule has 0 unspecified atom stereocenters. The Morgan fingerprint density at radius 1 is 0.955 bits per heavy atom. The first-order chi connectivity index (χ1) is 10.8. The minimum Gasteiger partial charge on any atom is -0.456 e. The standard InChI is InChI=1S/C19H23N2O/c1-21(16-17-10-4-2-5-11-17)15-9-8-14-20-19(22)18-12-6-3-7-13-18/h2-7,10-13H,1,8-9,14-16H2,(H,20,22)/q-1. The van der Waals surface area contributed by atoms with Crippen molar-refractivity contribution in [2.75, 3.05) is 13.1 Å². The Balaban J connectivity index is 1.58. The second-order valence-corrected chi connectivity index (χ2v) is 5.37. The quantitative estimate of drug-likeness (QED) is 0.597. The van der Waals surface area contributed by atoms with Crippen molar-refractivity contribution in [3.8, 4) is 0 Å². The van der Waals surface area contributed by atoms with Crippen molar-refractivity contribution in [1.29, 1.82) is 0 Å². The van der Waals surface area contributed by atoms with E-state index >= 15 is 0 Å². The van der Waals surface area contributed by atoms with E-state index in [1.807, 2.05) is 48.5 Å². The second-order valence-electron chi connectivity index (χ2n) is 5.37. The number of hydrogen-bond donors (Lipinski definition) is 1. The summed E-state index contributed by atoms with van der Waals surface area (Å²) in [5.41, 5.74) is 1.99. The molecule has 0 radical (unpaired) electrons. The molecule has 0 atom stereocenters. The first kappa shape index (κ1) is 16.2. The van der Waals surface area contributed by atoms with E-state index in [0.29, 0.717) is 12.1 Å². The van der Waals surface area contributed by atoms with Gasteiger partial charge in [0.1, 0.15) is 0 Å². The van der Waals surface area contributed by atoms with Crippen molar-refractivity contribution in [3.05, 3.63) is 78.8 Å². The Labute approximate surface area is 133 Å². The fourth-order valence-electron chi connectivity index (χ4n) is 2.27. The van der Waals surface area contributed by atoms with Crippen molar-refractivity contribution in [2.24, 2.45) is 0 Å². The van der Waals surface area contributed by atoms with Gasteiger partial charge in [0.05, 0.1) is 0 Å². The molecule has 22 heavy (non-hydrogen) atoms. The summed E-state index contributed by atoms with van der Waals surface area (Å²) in [5.74, 6) is -0.00337. The number of nitrogens with zero attached hydrogens (tertiary/aromatic N) is 1. The Kier molecular flexibility index (Phi) is 6.65. The van der Waals surface area contributed by atoms with Gasteiger partial charge in [-0.15, -0.1) is 0 Å². The van der Waals surface area contributed by atoms with E-state index in [9.17, 15) is 4.79 Å². The van der Waals surface area contributed by atoms with Gasteiger partial charge in [0.2, 0.25) is 0 Å². The van der Waals surface area contributed by atoms with Crippen LogP contribution in [-0.4, -0.2) is 23.9 Å². The zero-order valence-corrected chi connectivity index (χ0v) is 12.9. The second kappa shape index (κ2) is 9.00. The van der Waals surface area contributed by atoms with E-state index in [2.05, 4.69) is 29.4 Å². The van der Waals surface area contributed by atoms with Gasteiger partial charge in [-0.25, -0.2) is 0 Å². The third-order valence-corrected chi connectivity index (χ3v) is 3.47. The normalized spacial score (nSPS) is 10.6. The molecule has 1 N–H and O–H groups in total. The van der Waals surface area contributed by atoms with Crippen LogP contribution in [0.25, 0.3) is 0 Å². The van der Waals surface area contributed by atoms with Crippen LogP contribution in [0, 0.1) is 7.05 Å². The highest BCUT2D eigenvalue weighted by Crippen LogP contribution is 2.04. The first-order valence-electron chi connectivity index (χ1n) is 7.68. The van der Waals surface area contributed by atoms with Gasteiger partial charge in [0, 0.05) is 12.1 Å². The molecule has 0 bridgehead atoms. The number of carbonyl (C=O) groups is 1. The first-order valence-corrected chi connectivity index (χ1v) is 7.68. The highest BCUT2D eigenvalue weighted by Gasteiger charge is 2.02. The topological polar surface area (TPSA) is 32.3 Å². The van der Waals surface area contributed by atoms with Crippen LogP contribution in [-0.2, 0) is 6.54 Å². The molecule has 2 aromatic carbocycles. The van der Waals surface area contributed by atoms with Gasteiger partial charge in [0.15, 0.2) is 0 Å². The molecule has 2 aromatic rings. The van der Waals surface area contributed by atoms with Crippen molar-refractivity contribution in [2.45, 2.75) is 19.4 Å². The Morgan fingerprint density at radius 2 is 1.59 bits per heavy atom. The largest absolute Gasteiger partial charge is 0.456 e. The van der Waals surface area contributed by atoms with E-state index < -0.39 is 0 Å². The van der Waals surface area contributed by atoms with Crippen LogP contribution in [0.2, 0.25) is 0 Å². The van der Waals surface area contributed by atoms with E-state index in [4.69, 9.17) is 0 Å². The SMILES string of the molecule is [CH2-]N(CCCCNC(=O)c1ccccc1)Cc1ccccc1. The summed E-state index contributed by atoms with van der Waals surface area (Å²) in [7, 11) is 4.06. The lowest BCUT2D eigenvalue weighted by atomic mass is 10.2. The molecule has 0 aromatic heterocycles. The lowest BCUT2D eigenvalue weighted by Gasteiger charge is -2.24. The minimum absolute atomic E-state index is 0.00337. The van der Waals surface area contributed by atoms with Crippen LogP contribution in [0.4, 0.5) is 0 Å². The number of hydrogen-bond acceptors (Lipinski definition) is 2. The molecule has 0 fully saturated rings. The molecular weight excluding hydrogens is 272 g/mol. The Morgan fingerprint density at radius 3 is 2.27 bits per heavy atom. The molecule has 0 aliphatic heterocycles. The maximum Gasteiger partial charge on any atom is 0.251 e. The Bertz CT molecular complexity index is 554. The molecule has 0 saturated carbocycles. The van der Waals surface area contributed by atoms with E-state index in [0.717, 1.165) is 25.9 Å². The van der Waals surface area contributed by atoms with Crippen LogP contribution in [0.5, 0.6) is 0 Å². The molecule has 0 aliphatic rings. The summed E-state index contributed by atoms with van der Waals surface area (Å²) in [4.78, 5) is 13.9. The fourth-order valence-corrected chi connectivity index (χ4v) is 2.27. The number of nitrogens with one attached hydrogen (secondary N) is 1. The molecule has 1 amide bonds. The van der Waals surface area contributed by atoms with Gasteiger partial charge in [-0.3, -0.25) is 11.8 Å². The maximum absolute atomic E-state index is 11.8. The van der Waals surface area contributed by atoms with Gasteiger partial charge in [0.25, 0.3) is 5.91 Å². The zero-order chi connectivity index (χ0) is 15.6. The molecular formula is C19H23N2O-. The van der Waals surface area contributed by atoms with Crippen molar-refractivity contribution in [3.63, 3.8) is 0 Å². The third kappa shape index (κ3) is 5.70. The number of unbranched alkanes of at least 4 members (excludes halogenated alkanes) is 1. The molecule has 3 nitrogen and oxygen atoms in total. The van der Waals surface area contributed by atoms with Crippen molar-refractivity contribution < 1.29 is 4.79 Å². The van der Waals surface area contributed by atoms with Crippen LogP contribution < -0.4 is 5.32 Å². The number of carbonyl (C=O) groups excluding carboxylic acids is 1. The van der Waals surface area contributed by atoms with Gasteiger partial charge in [-0.2, -0.15) is 0 Å². The van der Waals surface area contributed by atoms with E-state index in [-0.39, 0.29) is 5.91 Å². The van der Waals surface area contributed by atoms with Gasteiger partial charge >= 0.3 is 0 Å². The maximum atomic E-state index is 11.8. The highest BCUT2D eigenvalue weighted by molar-refractivity contribution is 5.94. The lowest BCUT2D eigenvalue weighted by Crippen LogP contribution is -2.25. The summed E-state index contributed by atoms with van der Waals surface area (Å²) >= 11 is 0. The zero-order valence-electron chi connectivity index (χ0n) is 12.9. The predicted octanol–water partition coefficient (Wildman–Crippen LogP) is 3.49. The minimum atomic E-state index is -0.00337. The highest BCUT2D eigenvalue weighted by atomic mass is 16.1. The van der Waals surface area contributed by atoms with Crippen molar-refractivity contribution >= 4 is 5.91 Å². The fraction of sp³-hybridized carbons (Fsp3) is 0.263. The summed E-state index contributed by atoms with van der Waals surface area (Å²) in [6.45, 7) is 2.49. The van der Waals surface area contributed by atoms with E-state index in [1.54, 1.807) is 0 Å². The van der Waals surface area contributed by atoms with Crippen LogP contribution in [0.1, 0.15) is 28.8 Å². The molecule has 0 saturated heterocycles. The Hall–Kier alpha value is -2.13. The van der Waals surface area contributed by atoms with Crippen LogP contribution >= 0.6 is 0 Å². The average molecular weight is 295 g/mol. The monoisotopic (exact) mass is 295 g/mol. The lowest BCUT2D eigenvalue weighted by molar-refractivity contribution is 0.0952. The summed E-state index contributed by atoms with van der Waals surface area (Å²) < 4.78 is 0. The average Bonchev–Trinajstić information content (AvgIpc) is 2.56. The molecule has 3 heteroatoms. The van der Waals surface area contributed by atoms with Gasteiger partial charge in [-0.1, -0.05) is 48.5 Å². The van der Waals surface area contributed by atoms with Crippen molar-refractivity contribution in [1.82, 2.24) is 10.2 Å². The number of amides is 1. The summed E-state index contributed by atoms with van der Waals surface area (Å²) in [6.07, 6.45) is 1.98. The number of benzene rings is 2. The molecule has 0 heterocycles. The molecule has 0 spiro atoms. The van der Waals surface area contributed by atoms with Crippen LogP contribution in [0.15, 0.2) is 60.7 Å². The van der Waals surface area contributed by atoms with E-state index in [1.165, 1.54) is 5.56 Å².